The van der Waals surface area contributed by atoms with Gasteiger partial charge in [0.1, 0.15) is 15.8 Å². The van der Waals surface area contributed by atoms with Crippen molar-refractivity contribution in [3.05, 3.63) is 21.9 Å². The van der Waals surface area contributed by atoms with Crippen molar-refractivity contribution in [3.63, 3.8) is 0 Å². The molecule has 0 saturated heterocycles. The van der Waals surface area contributed by atoms with Crippen molar-refractivity contribution in [1.29, 1.82) is 5.26 Å². The third-order valence-electron chi connectivity index (χ3n) is 1.71. The molecule has 2 heterocycles. The fraction of sp³-hybridized carbons (Fsp3) is 0.111. The SMILES string of the molecule is COC(=O)c1cc2cc(C#N)sc2s1. The van der Waals surface area contributed by atoms with Gasteiger partial charge in [0.25, 0.3) is 0 Å². The minimum atomic E-state index is -0.322. The van der Waals surface area contributed by atoms with Crippen LogP contribution in [0.4, 0.5) is 0 Å². The molecule has 0 aromatic carbocycles. The molecule has 70 valence electrons. The predicted molar refractivity (Wildman–Crippen MR) is 55.8 cm³/mol. The first-order valence-corrected chi connectivity index (χ1v) is 5.39. The number of hydrogen-bond donors (Lipinski definition) is 0. The summed E-state index contributed by atoms with van der Waals surface area (Å²) in [5.74, 6) is -0.322. The quantitative estimate of drug-likeness (QED) is 0.698. The molecule has 2 aromatic heterocycles. The van der Waals surface area contributed by atoms with E-state index in [1.54, 1.807) is 12.1 Å². The predicted octanol–water partition coefficient (Wildman–Crippen LogP) is 2.62. The van der Waals surface area contributed by atoms with Gasteiger partial charge in [0.2, 0.25) is 0 Å². The van der Waals surface area contributed by atoms with E-state index >= 15 is 0 Å². The van der Waals surface area contributed by atoms with E-state index in [2.05, 4.69) is 10.8 Å². The summed E-state index contributed by atoms with van der Waals surface area (Å²) < 4.78 is 5.59. The van der Waals surface area contributed by atoms with Gasteiger partial charge in [-0.25, -0.2) is 4.79 Å². The van der Waals surface area contributed by atoms with Gasteiger partial charge in [-0.05, 0) is 12.1 Å². The lowest BCUT2D eigenvalue weighted by Gasteiger charge is -1.90. The summed E-state index contributed by atoms with van der Waals surface area (Å²) in [6.07, 6.45) is 0. The monoisotopic (exact) mass is 223 g/mol. The van der Waals surface area contributed by atoms with Crippen LogP contribution in [0.2, 0.25) is 0 Å². The first-order chi connectivity index (χ1) is 6.74. The minimum absolute atomic E-state index is 0.322. The molecule has 0 aliphatic carbocycles. The van der Waals surface area contributed by atoms with Crippen molar-refractivity contribution in [2.24, 2.45) is 0 Å². The molecule has 5 heteroatoms. The lowest BCUT2D eigenvalue weighted by Crippen LogP contribution is -1.96. The molecule has 0 fully saturated rings. The highest BCUT2D eigenvalue weighted by Gasteiger charge is 2.12. The van der Waals surface area contributed by atoms with Gasteiger partial charge in [-0.2, -0.15) is 5.26 Å². The van der Waals surface area contributed by atoms with E-state index in [0.717, 1.165) is 9.40 Å². The van der Waals surface area contributed by atoms with Crippen molar-refractivity contribution in [2.45, 2.75) is 0 Å². The van der Waals surface area contributed by atoms with Crippen LogP contribution in [0.5, 0.6) is 0 Å². The van der Waals surface area contributed by atoms with Gasteiger partial charge in [-0.3, -0.25) is 0 Å². The average Bonchev–Trinajstić information content (AvgIpc) is 2.72. The van der Waals surface area contributed by atoms with Gasteiger partial charge >= 0.3 is 5.97 Å². The molecule has 2 rings (SSSR count). The third kappa shape index (κ3) is 1.39. The second kappa shape index (κ2) is 3.40. The molecule has 2 aromatic rings. The van der Waals surface area contributed by atoms with E-state index in [4.69, 9.17) is 5.26 Å². The summed E-state index contributed by atoms with van der Waals surface area (Å²) >= 11 is 2.75. The lowest BCUT2D eigenvalue weighted by atomic mass is 10.3. The number of nitrogens with zero attached hydrogens (tertiary/aromatic N) is 1. The third-order valence-corrected chi connectivity index (χ3v) is 3.99. The first kappa shape index (κ1) is 9.19. The number of rotatable bonds is 1. The summed E-state index contributed by atoms with van der Waals surface area (Å²) in [5, 5.41) is 9.60. The Morgan fingerprint density at radius 3 is 2.86 bits per heavy atom. The van der Waals surface area contributed by atoms with E-state index < -0.39 is 0 Å². The Hall–Kier alpha value is -1.38. The summed E-state index contributed by atoms with van der Waals surface area (Å²) in [6.45, 7) is 0. The van der Waals surface area contributed by atoms with Gasteiger partial charge in [0.15, 0.2) is 0 Å². The van der Waals surface area contributed by atoms with Crippen LogP contribution in [0.1, 0.15) is 14.5 Å². The van der Waals surface area contributed by atoms with Crippen LogP contribution in [0, 0.1) is 11.3 Å². The zero-order valence-electron chi connectivity index (χ0n) is 7.23. The summed E-state index contributed by atoms with van der Waals surface area (Å²) in [4.78, 5) is 12.4. The number of ether oxygens (including phenoxy) is 1. The molecule has 0 aliphatic rings. The van der Waals surface area contributed by atoms with Crippen molar-refractivity contribution in [2.75, 3.05) is 7.11 Å². The van der Waals surface area contributed by atoms with E-state index in [9.17, 15) is 4.79 Å². The van der Waals surface area contributed by atoms with Gasteiger partial charge in [-0.1, -0.05) is 0 Å². The van der Waals surface area contributed by atoms with Gasteiger partial charge in [-0.15, -0.1) is 22.7 Å². The molecule has 0 saturated carbocycles. The van der Waals surface area contributed by atoms with E-state index in [-0.39, 0.29) is 5.97 Å². The van der Waals surface area contributed by atoms with Crippen LogP contribution in [0.15, 0.2) is 12.1 Å². The van der Waals surface area contributed by atoms with Crippen molar-refractivity contribution >= 4 is 38.0 Å². The second-order valence-corrected chi connectivity index (χ2v) is 4.93. The highest BCUT2D eigenvalue weighted by Crippen LogP contribution is 2.33. The molecular weight excluding hydrogens is 218 g/mol. The number of thiophene rings is 2. The highest BCUT2D eigenvalue weighted by atomic mass is 32.2. The number of nitriles is 1. The molecule has 0 spiro atoms. The second-order valence-electron chi connectivity index (χ2n) is 2.57. The molecule has 0 aliphatic heterocycles. The van der Waals surface area contributed by atoms with Crippen molar-refractivity contribution < 1.29 is 9.53 Å². The zero-order valence-corrected chi connectivity index (χ0v) is 8.87. The number of esters is 1. The van der Waals surface area contributed by atoms with Crippen LogP contribution in [-0.4, -0.2) is 13.1 Å². The Balaban J connectivity index is 2.50. The molecule has 0 unspecified atom stereocenters. The van der Waals surface area contributed by atoms with Crippen LogP contribution in [-0.2, 0) is 4.74 Å². The summed E-state index contributed by atoms with van der Waals surface area (Å²) in [6, 6.07) is 5.61. The normalized spacial score (nSPS) is 10.0. The number of hydrogen-bond acceptors (Lipinski definition) is 5. The van der Waals surface area contributed by atoms with Crippen molar-refractivity contribution in [3.8, 4) is 6.07 Å². The highest BCUT2D eigenvalue weighted by molar-refractivity contribution is 7.39. The van der Waals surface area contributed by atoms with E-state index in [1.165, 1.54) is 29.8 Å². The Bertz CT molecular complexity index is 501. The van der Waals surface area contributed by atoms with Gasteiger partial charge < -0.3 is 4.74 Å². The van der Waals surface area contributed by atoms with Crippen molar-refractivity contribution in [1.82, 2.24) is 0 Å². The smallest absolute Gasteiger partial charge is 0.348 e. The fourth-order valence-corrected chi connectivity index (χ4v) is 3.26. The maximum Gasteiger partial charge on any atom is 0.348 e. The Labute approximate surface area is 88.2 Å². The Morgan fingerprint density at radius 2 is 2.29 bits per heavy atom. The molecule has 3 nitrogen and oxygen atoms in total. The maximum absolute atomic E-state index is 11.2. The van der Waals surface area contributed by atoms with Gasteiger partial charge in [0.05, 0.1) is 11.1 Å². The van der Waals surface area contributed by atoms with Crippen LogP contribution >= 0.6 is 22.7 Å². The Kier molecular flexibility index (Phi) is 2.23. The summed E-state index contributed by atoms with van der Waals surface area (Å²) in [5.41, 5.74) is 0. The number of fused-ring (bicyclic) bond motifs is 1. The molecule has 0 N–H and O–H groups in total. The number of methoxy groups -OCH3 is 1. The largest absolute Gasteiger partial charge is 0.465 e. The van der Waals surface area contributed by atoms with E-state index in [1.807, 2.05) is 0 Å². The molecule has 0 bridgehead atoms. The van der Waals surface area contributed by atoms with Crippen LogP contribution < -0.4 is 0 Å². The number of carbonyl (C=O) groups is 1. The topological polar surface area (TPSA) is 50.1 Å². The van der Waals surface area contributed by atoms with Crippen LogP contribution in [0.3, 0.4) is 0 Å². The molecule has 0 radical (unpaired) electrons. The zero-order chi connectivity index (χ0) is 10.1. The first-order valence-electron chi connectivity index (χ1n) is 3.76. The minimum Gasteiger partial charge on any atom is -0.465 e. The molecule has 14 heavy (non-hydrogen) atoms. The standard InChI is InChI=1S/C9H5NO2S2/c1-12-8(11)7-3-5-2-6(4-10)13-9(5)14-7/h2-3H,1H3. The molecular formula is C9H5NO2S2. The van der Waals surface area contributed by atoms with Gasteiger partial charge in [0, 0.05) is 5.39 Å². The maximum atomic E-state index is 11.2. The summed E-state index contributed by atoms with van der Waals surface area (Å²) in [7, 11) is 1.36. The van der Waals surface area contributed by atoms with Crippen LogP contribution in [0.25, 0.3) is 9.40 Å². The lowest BCUT2D eigenvalue weighted by molar-refractivity contribution is 0.0606. The molecule has 0 amide bonds. The number of carbonyl (C=O) groups excluding carboxylic acids is 1. The molecule has 0 atom stereocenters. The Morgan fingerprint density at radius 1 is 1.50 bits per heavy atom. The van der Waals surface area contributed by atoms with E-state index in [0.29, 0.717) is 9.75 Å². The fourth-order valence-electron chi connectivity index (χ4n) is 1.10. The average molecular weight is 223 g/mol.